The first-order chi connectivity index (χ1) is 10.0. The van der Waals surface area contributed by atoms with Crippen LogP contribution in [-0.4, -0.2) is 17.6 Å². The van der Waals surface area contributed by atoms with Crippen LogP contribution in [0.25, 0.3) is 0 Å². The second kappa shape index (κ2) is 7.09. The Hall–Kier alpha value is -1.34. The number of rotatable bonds is 4. The maximum Gasteiger partial charge on any atom is 0.339 e. The Morgan fingerprint density at radius 2 is 2.00 bits per heavy atom. The highest BCUT2D eigenvalue weighted by Gasteiger charge is 2.16. The number of hydrogen-bond donors (Lipinski definition) is 0. The molecule has 2 rings (SSSR count). The van der Waals surface area contributed by atoms with Crippen LogP contribution in [0.15, 0.2) is 30.3 Å². The SMILES string of the molecule is CCOC(=O)c1cc(Oc2ccc(Cl)cc2)nc(C)c1I. The number of halogens is 2. The second-order valence-corrected chi connectivity index (χ2v) is 5.70. The standard InChI is InChI=1S/C15H13ClINO3/c1-3-20-15(19)12-8-13(18-9(2)14(12)17)21-11-6-4-10(16)5-7-11/h4-8H,3H2,1-2H3. The van der Waals surface area contributed by atoms with Crippen molar-refractivity contribution in [1.82, 2.24) is 4.98 Å². The number of nitrogens with zero attached hydrogens (tertiary/aromatic N) is 1. The molecule has 2 aromatic rings. The van der Waals surface area contributed by atoms with Gasteiger partial charge in [0.05, 0.1) is 17.9 Å². The molecule has 0 radical (unpaired) electrons. The molecule has 0 saturated carbocycles. The molecule has 1 aromatic heterocycles. The molecule has 0 atom stereocenters. The monoisotopic (exact) mass is 417 g/mol. The van der Waals surface area contributed by atoms with Gasteiger partial charge >= 0.3 is 5.97 Å². The molecule has 0 aliphatic carbocycles. The lowest BCUT2D eigenvalue weighted by atomic mass is 10.2. The summed E-state index contributed by atoms with van der Waals surface area (Å²) in [5.74, 6) is 0.564. The van der Waals surface area contributed by atoms with Crippen LogP contribution in [0.3, 0.4) is 0 Å². The molecule has 6 heteroatoms. The van der Waals surface area contributed by atoms with Crippen LogP contribution in [0.1, 0.15) is 23.0 Å². The van der Waals surface area contributed by atoms with Gasteiger partial charge in [0.25, 0.3) is 0 Å². The zero-order chi connectivity index (χ0) is 15.4. The van der Waals surface area contributed by atoms with Crippen molar-refractivity contribution in [3.8, 4) is 11.6 Å². The molecule has 0 fully saturated rings. The Bertz CT molecular complexity index is 659. The largest absolute Gasteiger partial charge is 0.462 e. The van der Waals surface area contributed by atoms with Crippen molar-refractivity contribution in [2.45, 2.75) is 13.8 Å². The van der Waals surface area contributed by atoms with Crippen LogP contribution in [0.5, 0.6) is 11.6 Å². The van der Waals surface area contributed by atoms with Crippen molar-refractivity contribution in [3.05, 3.63) is 50.2 Å². The Morgan fingerprint density at radius 1 is 1.33 bits per heavy atom. The third-order valence-corrected chi connectivity index (χ3v) is 4.24. The van der Waals surface area contributed by atoms with E-state index < -0.39 is 0 Å². The van der Waals surface area contributed by atoms with E-state index in [9.17, 15) is 4.79 Å². The Labute approximate surface area is 141 Å². The van der Waals surface area contributed by atoms with E-state index in [2.05, 4.69) is 27.6 Å². The number of hydrogen-bond acceptors (Lipinski definition) is 4. The number of carbonyl (C=O) groups is 1. The van der Waals surface area contributed by atoms with Crippen LogP contribution in [-0.2, 0) is 4.74 Å². The molecule has 0 aliphatic rings. The molecule has 0 saturated heterocycles. The molecule has 1 heterocycles. The van der Waals surface area contributed by atoms with Crippen LogP contribution in [0.2, 0.25) is 5.02 Å². The quantitative estimate of drug-likeness (QED) is 0.538. The molecule has 0 bridgehead atoms. The molecule has 0 unspecified atom stereocenters. The van der Waals surface area contributed by atoms with Crippen molar-refractivity contribution in [1.29, 1.82) is 0 Å². The summed E-state index contributed by atoms with van der Waals surface area (Å²) in [6.45, 7) is 3.91. The first-order valence-electron chi connectivity index (χ1n) is 6.29. The Morgan fingerprint density at radius 3 is 2.62 bits per heavy atom. The minimum absolute atomic E-state index is 0.323. The third kappa shape index (κ3) is 4.07. The molecule has 0 spiro atoms. The van der Waals surface area contributed by atoms with Crippen molar-refractivity contribution < 1.29 is 14.3 Å². The van der Waals surface area contributed by atoms with Gasteiger partial charge < -0.3 is 9.47 Å². The molecule has 4 nitrogen and oxygen atoms in total. The fourth-order valence-corrected chi connectivity index (χ4v) is 2.28. The fourth-order valence-electron chi connectivity index (χ4n) is 1.66. The average Bonchev–Trinajstić information content (AvgIpc) is 2.45. The molecular weight excluding hydrogens is 405 g/mol. The summed E-state index contributed by atoms with van der Waals surface area (Å²) in [6, 6.07) is 8.51. The highest BCUT2D eigenvalue weighted by Crippen LogP contribution is 2.26. The van der Waals surface area contributed by atoms with E-state index in [4.69, 9.17) is 21.1 Å². The number of esters is 1. The minimum Gasteiger partial charge on any atom is -0.462 e. The summed E-state index contributed by atoms with van der Waals surface area (Å²) in [5, 5.41) is 0.626. The highest BCUT2D eigenvalue weighted by atomic mass is 127. The van der Waals surface area contributed by atoms with Gasteiger partial charge in [0, 0.05) is 14.7 Å². The molecule has 1 aromatic carbocycles. The summed E-state index contributed by atoms with van der Waals surface area (Å²) in [5.41, 5.74) is 1.17. The highest BCUT2D eigenvalue weighted by molar-refractivity contribution is 14.1. The van der Waals surface area contributed by atoms with Crippen LogP contribution in [0.4, 0.5) is 0 Å². The lowest BCUT2D eigenvalue weighted by Gasteiger charge is -2.10. The first kappa shape index (κ1) is 16.0. The van der Waals surface area contributed by atoms with E-state index in [1.54, 1.807) is 37.3 Å². The maximum absolute atomic E-state index is 11.9. The molecule has 0 N–H and O–H groups in total. The molecule has 21 heavy (non-hydrogen) atoms. The van der Waals surface area contributed by atoms with Crippen molar-refractivity contribution in [2.24, 2.45) is 0 Å². The van der Waals surface area contributed by atoms with Gasteiger partial charge in [-0.05, 0) is 60.7 Å². The fraction of sp³-hybridized carbons (Fsp3) is 0.200. The smallest absolute Gasteiger partial charge is 0.339 e. The summed E-state index contributed by atoms with van der Waals surface area (Å²) in [6.07, 6.45) is 0. The van der Waals surface area contributed by atoms with Gasteiger partial charge in [0.15, 0.2) is 0 Å². The average molecular weight is 418 g/mol. The predicted molar refractivity (Wildman–Crippen MR) is 89.2 cm³/mol. The number of pyridine rings is 1. The van der Waals surface area contributed by atoms with E-state index in [-0.39, 0.29) is 5.97 Å². The van der Waals surface area contributed by atoms with Gasteiger partial charge in [0.2, 0.25) is 5.88 Å². The Balaban J connectivity index is 2.32. The molecular formula is C15H13ClINO3. The van der Waals surface area contributed by atoms with E-state index in [0.29, 0.717) is 34.5 Å². The van der Waals surface area contributed by atoms with Gasteiger partial charge in [0.1, 0.15) is 5.75 Å². The molecule has 110 valence electrons. The number of aryl methyl sites for hydroxylation is 1. The zero-order valence-electron chi connectivity index (χ0n) is 11.5. The number of benzene rings is 1. The minimum atomic E-state index is -0.381. The van der Waals surface area contributed by atoms with Crippen LogP contribution >= 0.6 is 34.2 Å². The normalized spacial score (nSPS) is 10.3. The van der Waals surface area contributed by atoms with E-state index in [0.717, 1.165) is 3.57 Å². The van der Waals surface area contributed by atoms with Crippen LogP contribution < -0.4 is 4.74 Å². The Kier molecular flexibility index (Phi) is 5.41. The number of ether oxygens (including phenoxy) is 2. The second-order valence-electron chi connectivity index (χ2n) is 4.18. The van der Waals surface area contributed by atoms with Crippen molar-refractivity contribution in [3.63, 3.8) is 0 Å². The van der Waals surface area contributed by atoms with Crippen molar-refractivity contribution >= 4 is 40.2 Å². The number of aromatic nitrogens is 1. The van der Waals surface area contributed by atoms with Gasteiger partial charge in [-0.15, -0.1) is 0 Å². The predicted octanol–water partition coefficient (Wildman–Crippen LogP) is 4.62. The zero-order valence-corrected chi connectivity index (χ0v) is 14.4. The van der Waals surface area contributed by atoms with E-state index in [1.165, 1.54) is 0 Å². The summed E-state index contributed by atoms with van der Waals surface area (Å²) in [4.78, 5) is 16.3. The van der Waals surface area contributed by atoms with Gasteiger partial charge in [-0.2, -0.15) is 0 Å². The lowest BCUT2D eigenvalue weighted by Crippen LogP contribution is -2.09. The maximum atomic E-state index is 11.9. The topological polar surface area (TPSA) is 48.4 Å². The van der Waals surface area contributed by atoms with Gasteiger partial charge in [-0.1, -0.05) is 11.6 Å². The van der Waals surface area contributed by atoms with E-state index >= 15 is 0 Å². The third-order valence-electron chi connectivity index (χ3n) is 2.63. The van der Waals surface area contributed by atoms with Gasteiger partial charge in [-0.3, -0.25) is 0 Å². The van der Waals surface area contributed by atoms with Gasteiger partial charge in [-0.25, -0.2) is 9.78 Å². The summed E-state index contributed by atoms with van der Waals surface area (Å²) in [7, 11) is 0. The lowest BCUT2D eigenvalue weighted by molar-refractivity contribution is 0.0524. The summed E-state index contributed by atoms with van der Waals surface area (Å²) >= 11 is 7.90. The van der Waals surface area contributed by atoms with Crippen LogP contribution in [0, 0.1) is 10.5 Å². The molecule has 0 amide bonds. The van der Waals surface area contributed by atoms with Crippen molar-refractivity contribution in [2.75, 3.05) is 6.61 Å². The van der Waals surface area contributed by atoms with E-state index in [1.807, 2.05) is 6.92 Å². The first-order valence-corrected chi connectivity index (χ1v) is 7.74. The number of carbonyl (C=O) groups excluding carboxylic acids is 1. The molecule has 0 aliphatic heterocycles. The summed E-state index contributed by atoms with van der Waals surface area (Å²) < 4.78 is 11.5.